The summed E-state index contributed by atoms with van der Waals surface area (Å²) < 4.78 is 15.6. The molecule has 1 heterocycles. The van der Waals surface area contributed by atoms with Crippen LogP contribution in [0.3, 0.4) is 0 Å². The first-order valence-corrected chi connectivity index (χ1v) is 6.14. The van der Waals surface area contributed by atoms with E-state index < -0.39 is 11.7 Å². The fourth-order valence-electron chi connectivity index (χ4n) is 1.88. The standard InChI is InChI=1S/C13H16FN5O/c1-8(13-18-17-7-19(13)2)16-6-10-4-3-9(12(15)20)5-11(10)14/h3-5,7-8,16H,6H2,1-2H3,(H2,15,20). The molecule has 3 N–H and O–H groups in total. The molecule has 2 rings (SSSR count). The van der Waals surface area contributed by atoms with E-state index in [0.29, 0.717) is 12.1 Å². The molecular weight excluding hydrogens is 261 g/mol. The van der Waals surface area contributed by atoms with E-state index in [4.69, 9.17) is 5.73 Å². The van der Waals surface area contributed by atoms with Crippen molar-refractivity contribution in [3.63, 3.8) is 0 Å². The minimum atomic E-state index is -0.643. The lowest BCUT2D eigenvalue weighted by Gasteiger charge is -2.13. The first-order valence-electron chi connectivity index (χ1n) is 6.14. The molecule has 0 fully saturated rings. The average Bonchev–Trinajstić information content (AvgIpc) is 2.83. The van der Waals surface area contributed by atoms with E-state index in [1.165, 1.54) is 6.07 Å². The van der Waals surface area contributed by atoms with Crippen LogP contribution in [0.5, 0.6) is 0 Å². The Morgan fingerprint density at radius 2 is 2.30 bits per heavy atom. The fraction of sp³-hybridized carbons (Fsp3) is 0.308. The van der Waals surface area contributed by atoms with E-state index in [9.17, 15) is 9.18 Å². The van der Waals surface area contributed by atoms with Crippen LogP contribution < -0.4 is 11.1 Å². The lowest BCUT2D eigenvalue weighted by molar-refractivity contribution is 0.1000. The molecule has 1 aromatic heterocycles. The quantitative estimate of drug-likeness (QED) is 0.850. The summed E-state index contributed by atoms with van der Waals surface area (Å²) in [7, 11) is 1.84. The van der Waals surface area contributed by atoms with Crippen LogP contribution >= 0.6 is 0 Å². The number of rotatable bonds is 5. The summed E-state index contributed by atoms with van der Waals surface area (Å²) in [4.78, 5) is 10.9. The zero-order chi connectivity index (χ0) is 14.7. The number of aromatic nitrogens is 3. The highest BCUT2D eigenvalue weighted by Gasteiger charge is 2.12. The second kappa shape index (κ2) is 5.79. The molecule has 0 bridgehead atoms. The van der Waals surface area contributed by atoms with Gasteiger partial charge in [0.1, 0.15) is 18.0 Å². The SMILES string of the molecule is CC(NCc1ccc(C(N)=O)cc1F)c1nncn1C. The van der Waals surface area contributed by atoms with E-state index in [1.807, 2.05) is 14.0 Å². The number of aryl methyl sites for hydroxylation is 1. The van der Waals surface area contributed by atoms with Crippen molar-refractivity contribution >= 4 is 5.91 Å². The van der Waals surface area contributed by atoms with Crippen LogP contribution in [0.4, 0.5) is 4.39 Å². The topological polar surface area (TPSA) is 85.8 Å². The molecule has 2 aromatic rings. The predicted molar refractivity (Wildman–Crippen MR) is 71.2 cm³/mol. The molecule has 1 amide bonds. The molecule has 0 aliphatic carbocycles. The van der Waals surface area contributed by atoms with Gasteiger partial charge in [0.05, 0.1) is 6.04 Å². The molecule has 106 valence electrons. The van der Waals surface area contributed by atoms with Gasteiger partial charge >= 0.3 is 0 Å². The number of hydrogen-bond acceptors (Lipinski definition) is 4. The molecule has 0 saturated carbocycles. The maximum Gasteiger partial charge on any atom is 0.248 e. The van der Waals surface area contributed by atoms with Gasteiger partial charge in [-0.2, -0.15) is 0 Å². The van der Waals surface area contributed by atoms with E-state index in [2.05, 4.69) is 15.5 Å². The van der Waals surface area contributed by atoms with Crippen LogP contribution in [0.1, 0.15) is 34.7 Å². The molecule has 1 atom stereocenters. The van der Waals surface area contributed by atoms with Crippen molar-refractivity contribution in [1.82, 2.24) is 20.1 Å². The Bertz CT molecular complexity index is 625. The molecule has 1 aromatic carbocycles. The summed E-state index contributed by atoms with van der Waals surface area (Å²) in [5.41, 5.74) is 5.72. The zero-order valence-electron chi connectivity index (χ0n) is 11.3. The van der Waals surface area contributed by atoms with Crippen molar-refractivity contribution in [1.29, 1.82) is 0 Å². The van der Waals surface area contributed by atoms with E-state index in [0.717, 1.165) is 11.9 Å². The maximum absolute atomic E-state index is 13.8. The number of benzene rings is 1. The van der Waals surface area contributed by atoms with Crippen LogP contribution in [0.25, 0.3) is 0 Å². The third-order valence-corrected chi connectivity index (χ3v) is 3.07. The minimum Gasteiger partial charge on any atom is -0.366 e. The van der Waals surface area contributed by atoms with Gasteiger partial charge in [0.25, 0.3) is 0 Å². The number of nitrogens with one attached hydrogen (secondary N) is 1. The van der Waals surface area contributed by atoms with Gasteiger partial charge in [0.15, 0.2) is 0 Å². The molecule has 0 aliphatic rings. The highest BCUT2D eigenvalue weighted by Crippen LogP contribution is 2.13. The Labute approximate surface area is 115 Å². The fourth-order valence-corrected chi connectivity index (χ4v) is 1.88. The summed E-state index contributed by atoms with van der Waals surface area (Å²) in [6.45, 7) is 2.23. The van der Waals surface area contributed by atoms with Gasteiger partial charge in [0, 0.05) is 24.7 Å². The zero-order valence-corrected chi connectivity index (χ0v) is 11.3. The Kier molecular flexibility index (Phi) is 4.09. The van der Waals surface area contributed by atoms with Crippen LogP contribution in [0.2, 0.25) is 0 Å². The smallest absolute Gasteiger partial charge is 0.248 e. The first kappa shape index (κ1) is 14.1. The average molecular weight is 277 g/mol. The summed E-state index contributed by atoms with van der Waals surface area (Å²) in [6, 6.07) is 4.13. The highest BCUT2D eigenvalue weighted by molar-refractivity contribution is 5.92. The summed E-state index contributed by atoms with van der Waals surface area (Å²) in [6.07, 6.45) is 1.61. The van der Waals surface area contributed by atoms with E-state index in [-0.39, 0.29) is 11.6 Å². The van der Waals surface area contributed by atoms with Crippen molar-refractivity contribution in [2.24, 2.45) is 12.8 Å². The van der Waals surface area contributed by atoms with E-state index in [1.54, 1.807) is 17.0 Å². The van der Waals surface area contributed by atoms with Gasteiger partial charge < -0.3 is 15.6 Å². The van der Waals surface area contributed by atoms with Crippen molar-refractivity contribution in [3.05, 3.63) is 47.3 Å². The largest absolute Gasteiger partial charge is 0.366 e. The van der Waals surface area contributed by atoms with Gasteiger partial charge in [-0.25, -0.2) is 4.39 Å². The van der Waals surface area contributed by atoms with Gasteiger partial charge in [-0.1, -0.05) is 6.07 Å². The van der Waals surface area contributed by atoms with Crippen molar-refractivity contribution in [2.45, 2.75) is 19.5 Å². The second-order valence-electron chi connectivity index (χ2n) is 4.57. The summed E-state index contributed by atoms with van der Waals surface area (Å²) >= 11 is 0. The number of hydrogen-bond donors (Lipinski definition) is 2. The second-order valence-corrected chi connectivity index (χ2v) is 4.57. The Morgan fingerprint density at radius 1 is 1.55 bits per heavy atom. The van der Waals surface area contributed by atoms with Crippen LogP contribution in [0, 0.1) is 5.82 Å². The Morgan fingerprint density at radius 3 is 2.85 bits per heavy atom. The molecule has 0 radical (unpaired) electrons. The van der Waals surface area contributed by atoms with Gasteiger partial charge in [-0.05, 0) is 19.1 Å². The van der Waals surface area contributed by atoms with Crippen LogP contribution in [-0.2, 0) is 13.6 Å². The monoisotopic (exact) mass is 277 g/mol. The van der Waals surface area contributed by atoms with Gasteiger partial charge in [-0.15, -0.1) is 10.2 Å². The molecule has 0 saturated heterocycles. The lowest BCUT2D eigenvalue weighted by atomic mass is 10.1. The number of nitrogens with zero attached hydrogens (tertiary/aromatic N) is 3. The number of halogens is 1. The third-order valence-electron chi connectivity index (χ3n) is 3.07. The lowest BCUT2D eigenvalue weighted by Crippen LogP contribution is -2.22. The van der Waals surface area contributed by atoms with Crippen molar-refractivity contribution < 1.29 is 9.18 Å². The van der Waals surface area contributed by atoms with Crippen LogP contribution in [0.15, 0.2) is 24.5 Å². The number of primary amides is 1. The van der Waals surface area contributed by atoms with Crippen molar-refractivity contribution in [2.75, 3.05) is 0 Å². The maximum atomic E-state index is 13.8. The Balaban J connectivity index is 2.04. The summed E-state index contributed by atoms with van der Waals surface area (Å²) in [5, 5.41) is 10.9. The number of carbonyl (C=O) groups excluding carboxylic acids is 1. The first-order chi connectivity index (χ1) is 9.49. The number of carbonyl (C=O) groups is 1. The Hall–Kier alpha value is -2.28. The molecule has 1 unspecified atom stereocenters. The summed E-state index contributed by atoms with van der Waals surface area (Å²) in [5.74, 6) is -0.339. The molecule has 20 heavy (non-hydrogen) atoms. The third kappa shape index (κ3) is 3.00. The number of nitrogens with two attached hydrogens (primary N) is 1. The van der Waals surface area contributed by atoms with Gasteiger partial charge in [-0.3, -0.25) is 4.79 Å². The highest BCUT2D eigenvalue weighted by atomic mass is 19.1. The minimum absolute atomic E-state index is 0.0716. The molecule has 0 aliphatic heterocycles. The molecule has 7 heteroatoms. The molecule has 0 spiro atoms. The van der Waals surface area contributed by atoms with Gasteiger partial charge in [0.2, 0.25) is 5.91 Å². The molecular formula is C13H16FN5O. The number of amides is 1. The predicted octanol–water partition coefficient (Wildman–Crippen LogP) is 0.904. The van der Waals surface area contributed by atoms with E-state index >= 15 is 0 Å². The molecule has 6 nitrogen and oxygen atoms in total. The van der Waals surface area contributed by atoms with Crippen molar-refractivity contribution in [3.8, 4) is 0 Å². The van der Waals surface area contributed by atoms with Crippen LogP contribution in [-0.4, -0.2) is 20.7 Å². The normalized spacial score (nSPS) is 12.3.